The zero-order valence-corrected chi connectivity index (χ0v) is 15.2. The van der Waals surface area contributed by atoms with Crippen LogP contribution in [0.1, 0.15) is 16.2 Å². The SMILES string of the molecule is Cc1cc(C(=O)NC(=S)Nc2cccc(Oc3ccccc3)c2)n(C)n1. The van der Waals surface area contributed by atoms with Crippen molar-refractivity contribution in [3.63, 3.8) is 0 Å². The van der Waals surface area contributed by atoms with Crippen molar-refractivity contribution >= 4 is 28.9 Å². The minimum Gasteiger partial charge on any atom is -0.457 e. The van der Waals surface area contributed by atoms with E-state index in [1.54, 1.807) is 19.2 Å². The summed E-state index contributed by atoms with van der Waals surface area (Å²) in [5, 5.41) is 9.98. The molecule has 0 fully saturated rings. The number of benzene rings is 2. The van der Waals surface area contributed by atoms with E-state index in [2.05, 4.69) is 15.7 Å². The van der Waals surface area contributed by atoms with Gasteiger partial charge in [-0.25, -0.2) is 0 Å². The Hall–Kier alpha value is -3.19. The van der Waals surface area contributed by atoms with Crippen LogP contribution in [0, 0.1) is 6.92 Å². The number of hydrogen-bond acceptors (Lipinski definition) is 4. The highest BCUT2D eigenvalue weighted by Crippen LogP contribution is 2.23. The van der Waals surface area contributed by atoms with Gasteiger partial charge in [0, 0.05) is 18.8 Å². The highest BCUT2D eigenvalue weighted by Gasteiger charge is 2.13. The molecule has 0 bridgehead atoms. The van der Waals surface area contributed by atoms with E-state index in [0.29, 0.717) is 17.1 Å². The zero-order chi connectivity index (χ0) is 18.5. The second-order valence-electron chi connectivity index (χ2n) is 5.65. The van der Waals surface area contributed by atoms with E-state index in [9.17, 15) is 4.79 Å². The quantitative estimate of drug-likeness (QED) is 0.690. The number of para-hydroxylation sites is 1. The second kappa shape index (κ2) is 7.79. The number of anilines is 1. The minimum absolute atomic E-state index is 0.200. The summed E-state index contributed by atoms with van der Waals surface area (Å²) in [5.41, 5.74) is 1.92. The lowest BCUT2D eigenvalue weighted by Gasteiger charge is -2.11. The summed E-state index contributed by atoms with van der Waals surface area (Å²) in [5.74, 6) is 1.09. The van der Waals surface area contributed by atoms with Crippen molar-refractivity contribution < 1.29 is 9.53 Å². The molecule has 0 radical (unpaired) electrons. The third-order valence-electron chi connectivity index (χ3n) is 3.53. The summed E-state index contributed by atoms with van der Waals surface area (Å²) in [6.45, 7) is 1.82. The lowest BCUT2D eigenvalue weighted by atomic mass is 10.3. The van der Waals surface area contributed by atoms with Crippen molar-refractivity contribution in [2.24, 2.45) is 7.05 Å². The Morgan fingerprint density at radius 1 is 1.08 bits per heavy atom. The van der Waals surface area contributed by atoms with Gasteiger partial charge < -0.3 is 10.1 Å². The van der Waals surface area contributed by atoms with Gasteiger partial charge in [0.2, 0.25) is 0 Å². The van der Waals surface area contributed by atoms with Crippen LogP contribution in [-0.4, -0.2) is 20.8 Å². The van der Waals surface area contributed by atoms with Crippen molar-refractivity contribution in [2.75, 3.05) is 5.32 Å². The monoisotopic (exact) mass is 366 g/mol. The first-order valence-electron chi connectivity index (χ1n) is 7.97. The van der Waals surface area contributed by atoms with Crippen LogP contribution in [0.25, 0.3) is 0 Å². The number of aryl methyl sites for hydroxylation is 2. The molecule has 3 rings (SSSR count). The second-order valence-corrected chi connectivity index (χ2v) is 6.05. The molecule has 132 valence electrons. The number of thiocarbonyl (C=S) groups is 1. The molecular weight excluding hydrogens is 348 g/mol. The molecule has 1 aromatic heterocycles. The topological polar surface area (TPSA) is 68.2 Å². The molecule has 1 heterocycles. The van der Waals surface area contributed by atoms with E-state index in [4.69, 9.17) is 17.0 Å². The molecule has 0 aliphatic rings. The summed E-state index contributed by atoms with van der Waals surface area (Å²) in [6, 6.07) is 18.5. The maximum atomic E-state index is 12.3. The summed E-state index contributed by atoms with van der Waals surface area (Å²) >= 11 is 5.22. The van der Waals surface area contributed by atoms with E-state index in [1.165, 1.54) is 4.68 Å². The van der Waals surface area contributed by atoms with Crippen LogP contribution in [0.2, 0.25) is 0 Å². The lowest BCUT2D eigenvalue weighted by molar-refractivity contribution is 0.0968. The van der Waals surface area contributed by atoms with Crippen molar-refractivity contribution in [1.82, 2.24) is 15.1 Å². The predicted octanol–water partition coefficient (Wildman–Crippen LogP) is 3.65. The van der Waals surface area contributed by atoms with Gasteiger partial charge in [-0.2, -0.15) is 5.10 Å². The molecule has 6 nitrogen and oxygen atoms in total. The fourth-order valence-corrected chi connectivity index (χ4v) is 2.63. The highest BCUT2D eigenvalue weighted by molar-refractivity contribution is 7.80. The molecule has 0 saturated carbocycles. The molecule has 0 spiro atoms. The lowest BCUT2D eigenvalue weighted by Crippen LogP contribution is -2.35. The first kappa shape index (κ1) is 17.6. The van der Waals surface area contributed by atoms with Crippen LogP contribution < -0.4 is 15.4 Å². The van der Waals surface area contributed by atoms with Crippen molar-refractivity contribution in [2.45, 2.75) is 6.92 Å². The largest absolute Gasteiger partial charge is 0.457 e. The van der Waals surface area contributed by atoms with Crippen LogP contribution in [0.3, 0.4) is 0 Å². The maximum absolute atomic E-state index is 12.3. The maximum Gasteiger partial charge on any atom is 0.275 e. The smallest absolute Gasteiger partial charge is 0.275 e. The van der Waals surface area contributed by atoms with Gasteiger partial charge in [0.1, 0.15) is 17.2 Å². The number of nitrogens with zero attached hydrogens (tertiary/aromatic N) is 2. The number of carbonyl (C=O) groups excluding carboxylic acids is 1. The van der Waals surface area contributed by atoms with Crippen LogP contribution >= 0.6 is 12.2 Å². The van der Waals surface area contributed by atoms with E-state index >= 15 is 0 Å². The van der Waals surface area contributed by atoms with Gasteiger partial charge in [0.15, 0.2) is 5.11 Å². The van der Waals surface area contributed by atoms with E-state index < -0.39 is 0 Å². The van der Waals surface area contributed by atoms with E-state index in [-0.39, 0.29) is 11.0 Å². The molecule has 1 amide bonds. The molecule has 26 heavy (non-hydrogen) atoms. The molecular formula is C19H18N4O2S. The van der Waals surface area contributed by atoms with Gasteiger partial charge in [0.05, 0.1) is 5.69 Å². The molecule has 0 aliphatic heterocycles. The van der Waals surface area contributed by atoms with Crippen molar-refractivity contribution in [3.05, 3.63) is 72.1 Å². The Morgan fingerprint density at radius 3 is 2.50 bits per heavy atom. The number of carbonyl (C=O) groups is 1. The zero-order valence-electron chi connectivity index (χ0n) is 14.4. The van der Waals surface area contributed by atoms with Crippen LogP contribution in [0.15, 0.2) is 60.7 Å². The highest BCUT2D eigenvalue weighted by atomic mass is 32.1. The third kappa shape index (κ3) is 4.46. The molecule has 0 atom stereocenters. The Bertz CT molecular complexity index is 938. The number of hydrogen-bond donors (Lipinski definition) is 2. The van der Waals surface area contributed by atoms with Crippen LogP contribution in [0.4, 0.5) is 5.69 Å². The summed E-state index contributed by atoms with van der Waals surface area (Å²) in [6.07, 6.45) is 0. The number of aromatic nitrogens is 2. The standard InChI is InChI=1S/C19H18N4O2S/c1-13-11-17(23(2)22-13)18(24)21-19(26)20-14-7-6-10-16(12-14)25-15-8-4-3-5-9-15/h3-12H,1-2H3,(H2,20,21,24,26). The summed E-state index contributed by atoms with van der Waals surface area (Å²) in [7, 11) is 1.71. The van der Waals surface area contributed by atoms with Crippen LogP contribution in [-0.2, 0) is 7.05 Å². The van der Waals surface area contributed by atoms with E-state index in [1.807, 2.05) is 55.5 Å². The van der Waals surface area contributed by atoms with Gasteiger partial charge >= 0.3 is 0 Å². The molecule has 0 saturated heterocycles. The normalized spacial score (nSPS) is 10.2. The fourth-order valence-electron chi connectivity index (χ4n) is 2.41. The Kier molecular flexibility index (Phi) is 5.28. The minimum atomic E-state index is -0.317. The Labute approximate surface area is 156 Å². The number of nitrogens with one attached hydrogen (secondary N) is 2. The van der Waals surface area contributed by atoms with Crippen molar-refractivity contribution in [1.29, 1.82) is 0 Å². The van der Waals surface area contributed by atoms with Gasteiger partial charge in [0.25, 0.3) is 5.91 Å². The van der Waals surface area contributed by atoms with Crippen molar-refractivity contribution in [3.8, 4) is 11.5 Å². The Balaban J connectivity index is 1.63. The van der Waals surface area contributed by atoms with Gasteiger partial charge in [-0.1, -0.05) is 24.3 Å². The first-order valence-corrected chi connectivity index (χ1v) is 8.38. The number of amides is 1. The summed E-state index contributed by atoms with van der Waals surface area (Å²) < 4.78 is 7.30. The average Bonchev–Trinajstić information content (AvgIpc) is 2.94. The fraction of sp³-hybridized carbons (Fsp3) is 0.105. The first-order chi connectivity index (χ1) is 12.5. The average molecular weight is 366 g/mol. The van der Waals surface area contributed by atoms with Gasteiger partial charge in [-0.05, 0) is 49.5 Å². The third-order valence-corrected chi connectivity index (χ3v) is 3.74. The van der Waals surface area contributed by atoms with E-state index in [0.717, 1.165) is 11.4 Å². The molecule has 3 aromatic rings. The Morgan fingerprint density at radius 2 is 1.81 bits per heavy atom. The number of rotatable bonds is 4. The molecule has 0 unspecified atom stereocenters. The van der Waals surface area contributed by atoms with Gasteiger partial charge in [-0.3, -0.25) is 14.8 Å². The summed E-state index contributed by atoms with van der Waals surface area (Å²) in [4.78, 5) is 12.3. The van der Waals surface area contributed by atoms with Gasteiger partial charge in [-0.15, -0.1) is 0 Å². The molecule has 2 aromatic carbocycles. The predicted molar refractivity (Wildman–Crippen MR) is 105 cm³/mol. The molecule has 0 aliphatic carbocycles. The number of ether oxygens (including phenoxy) is 1. The van der Waals surface area contributed by atoms with Crippen LogP contribution in [0.5, 0.6) is 11.5 Å². The molecule has 2 N–H and O–H groups in total. The molecule has 7 heteroatoms.